The van der Waals surface area contributed by atoms with Crippen LogP contribution >= 0.6 is 11.6 Å². The van der Waals surface area contributed by atoms with E-state index in [0.29, 0.717) is 23.1 Å². The number of nitrogens with zero attached hydrogens (tertiary/aromatic N) is 4. The van der Waals surface area contributed by atoms with E-state index in [1.54, 1.807) is 17.7 Å². The van der Waals surface area contributed by atoms with Gasteiger partial charge in [0.25, 0.3) is 5.91 Å². The summed E-state index contributed by atoms with van der Waals surface area (Å²) in [5.74, 6) is 0.370. The number of hydrogen-bond acceptors (Lipinski definition) is 4. The van der Waals surface area contributed by atoms with Crippen LogP contribution in [0.3, 0.4) is 0 Å². The van der Waals surface area contributed by atoms with Gasteiger partial charge in [-0.05, 0) is 26.0 Å². The van der Waals surface area contributed by atoms with Gasteiger partial charge in [-0.25, -0.2) is 9.67 Å². The molecule has 1 aromatic carbocycles. The monoisotopic (exact) mass is 308 g/mol. The number of rotatable bonds is 5. The zero-order chi connectivity index (χ0) is 15.4. The van der Waals surface area contributed by atoms with Gasteiger partial charge in [0.1, 0.15) is 5.82 Å². The lowest BCUT2D eigenvalue weighted by Crippen LogP contribution is -2.34. The third-order valence-corrected chi connectivity index (χ3v) is 3.40. The molecule has 21 heavy (non-hydrogen) atoms. The van der Waals surface area contributed by atoms with Crippen molar-refractivity contribution in [2.45, 2.75) is 13.8 Å². The van der Waals surface area contributed by atoms with Crippen LogP contribution in [0.1, 0.15) is 23.4 Å². The normalized spacial score (nSPS) is 10.7. The topological polar surface area (TPSA) is 71.2 Å². The first-order valence-electron chi connectivity index (χ1n) is 6.67. The molecule has 0 unspecified atom stereocenters. The number of carbonyl (C=O) groups is 1. The fourth-order valence-corrected chi connectivity index (χ4v) is 2.21. The number of aliphatic hydroxyl groups is 1. The van der Waals surface area contributed by atoms with Crippen molar-refractivity contribution in [1.82, 2.24) is 19.7 Å². The highest BCUT2D eigenvalue weighted by Gasteiger charge is 2.20. The first-order valence-corrected chi connectivity index (χ1v) is 7.05. The molecule has 1 heterocycles. The van der Waals surface area contributed by atoms with E-state index in [9.17, 15) is 4.79 Å². The van der Waals surface area contributed by atoms with Gasteiger partial charge in [0.05, 0.1) is 17.3 Å². The summed E-state index contributed by atoms with van der Waals surface area (Å²) in [6.45, 7) is 4.25. The van der Waals surface area contributed by atoms with Crippen molar-refractivity contribution in [3.8, 4) is 5.69 Å². The lowest BCUT2D eigenvalue weighted by Gasteiger charge is -2.17. The second-order valence-electron chi connectivity index (χ2n) is 4.45. The molecule has 1 N–H and O–H groups in total. The smallest absolute Gasteiger partial charge is 0.293 e. The number of halogens is 1. The molecule has 0 aliphatic carbocycles. The Hall–Kier alpha value is -1.92. The zero-order valence-electron chi connectivity index (χ0n) is 12.0. The van der Waals surface area contributed by atoms with Crippen LogP contribution in [0.4, 0.5) is 0 Å². The van der Waals surface area contributed by atoms with E-state index in [0.717, 1.165) is 0 Å². The van der Waals surface area contributed by atoms with Crippen LogP contribution in [0.15, 0.2) is 24.3 Å². The number of hydrogen-bond donors (Lipinski definition) is 1. The van der Waals surface area contributed by atoms with Crippen LogP contribution < -0.4 is 0 Å². The van der Waals surface area contributed by atoms with Crippen LogP contribution in [0.25, 0.3) is 5.69 Å². The predicted molar refractivity (Wildman–Crippen MR) is 79.8 cm³/mol. The largest absolute Gasteiger partial charge is 0.395 e. The molecule has 112 valence electrons. The number of para-hydroxylation sites is 1. The van der Waals surface area contributed by atoms with Gasteiger partial charge in [0.15, 0.2) is 0 Å². The number of aliphatic hydroxyl groups excluding tert-OH is 1. The second-order valence-corrected chi connectivity index (χ2v) is 4.86. The quantitative estimate of drug-likeness (QED) is 0.912. The van der Waals surface area contributed by atoms with Crippen molar-refractivity contribution in [3.63, 3.8) is 0 Å². The molecule has 2 aromatic rings. The van der Waals surface area contributed by atoms with Gasteiger partial charge in [0, 0.05) is 13.1 Å². The Balaban J connectivity index is 2.35. The van der Waals surface area contributed by atoms with E-state index in [1.165, 1.54) is 4.90 Å². The van der Waals surface area contributed by atoms with Crippen molar-refractivity contribution in [2.75, 3.05) is 19.7 Å². The Kier molecular flexibility index (Phi) is 4.93. The van der Waals surface area contributed by atoms with Gasteiger partial charge in [-0.15, -0.1) is 5.10 Å². The average molecular weight is 309 g/mol. The third kappa shape index (κ3) is 3.22. The number of benzene rings is 1. The lowest BCUT2D eigenvalue weighted by atomic mass is 10.3. The highest BCUT2D eigenvalue weighted by atomic mass is 35.5. The second kappa shape index (κ2) is 6.69. The van der Waals surface area contributed by atoms with Gasteiger partial charge in [-0.3, -0.25) is 4.79 Å². The Bertz CT molecular complexity index is 642. The molecule has 0 atom stereocenters. The molecular weight excluding hydrogens is 292 g/mol. The van der Waals surface area contributed by atoms with E-state index in [2.05, 4.69) is 10.1 Å². The number of carbonyl (C=O) groups excluding carboxylic acids is 1. The minimum absolute atomic E-state index is 0.0935. The molecule has 0 fully saturated rings. The van der Waals surface area contributed by atoms with Crippen molar-refractivity contribution in [2.24, 2.45) is 0 Å². The van der Waals surface area contributed by atoms with Crippen LogP contribution in [0.2, 0.25) is 5.02 Å². The van der Waals surface area contributed by atoms with E-state index in [-0.39, 0.29) is 24.9 Å². The van der Waals surface area contributed by atoms with Gasteiger partial charge in [0.2, 0.25) is 5.82 Å². The summed E-state index contributed by atoms with van der Waals surface area (Å²) in [5.41, 5.74) is 0.674. The molecule has 0 aliphatic rings. The summed E-state index contributed by atoms with van der Waals surface area (Å²) in [7, 11) is 0. The fraction of sp³-hybridized carbons (Fsp3) is 0.357. The van der Waals surface area contributed by atoms with E-state index in [1.807, 2.05) is 25.1 Å². The molecule has 2 rings (SSSR count). The highest BCUT2D eigenvalue weighted by Crippen LogP contribution is 2.20. The summed E-state index contributed by atoms with van der Waals surface area (Å²) in [5, 5.41) is 13.8. The van der Waals surface area contributed by atoms with Crippen molar-refractivity contribution in [3.05, 3.63) is 40.9 Å². The molecular formula is C14H17ClN4O2. The van der Waals surface area contributed by atoms with Gasteiger partial charge >= 0.3 is 0 Å². The van der Waals surface area contributed by atoms with Gasteiger partial charge < -0.3 is 10.0 Å². The highest BCUT2D eigenvalue weighted by molar-refractivity contribution is 6.32. The van der Waals surface area contributed by atoms with Crippen LogP contribution in [-0.2, 0) is 0 Å². The average Bonchev–Trinajstić information content (AvgIpc) is 2.86. The number of likely N-dealkylation sites (N-methyl/N-ethyl adjacent to an activating group) is 1. The molecule has 6 nitrogen and oxygen atoms in total. The van der Waals surface area contributed by atoms with Crippen molar-refractivity contribution < 1.29 is 9.90 Å². The first-order chi connectivity index (χ1) is 10.1. The zero-order valence-corrected chi connectivity index (χ0v) is 12.7. The van der Waals surface area contributed by atoms with E-state index in [4.69, 9.17) is 16.7 Å². The molecule has 0 saturated heterocycles. The van der Waals surface area contributed by atoms with Crippen molar-refractivity contribution >= 4 is 17.5 Å². The van der Waals surface area contributed by atoms with Crippen molar-refractivity contribution in [1.29, 1.82) is 0 Å². The summed E-state index contributed by atoms with van der Waals surface area (Å²) >= 11 is 6.14. The number of aryl methyl sites for hydroxylation is 1. The maximum Gasteiger partial charge on any atom is 0.293 e. The Morgan fingerprint density at radius 1 is 1.43 bits per heavy atom. The fourth-order valence-electron chi connectivity index (χ4n) is 2.00. The lowest BCUT2D eigenvalue weighted by molar-refractivity contribution is 0.0720. The molecule has 0 saturated carbocycles. The molecule has 1 amide bonds. The van der Waals surface area contributed by atoms with Gasteiger partial charge in [-0.1, -0.05) is 23.7 Å². The number of amides is 1. The minimum atomic E-state index is -0.305. The summed E-state index contributed by atoms with van der Waals surface area (Å²) < 4.78 is 1.54. The van der Waals surface area contributed by atoms with Gasteiger partial charge in [-0.2, -0.15) is 0 Å². The van der Waals surface area contributed by atoms with E-state index >= 15 is 0 Å². The molecule has 0 radical (unpaired) electrons. The predicted octanol–water partition coefficient (Wildman–Crippen LogP) is 1.68. The molecule has 0 bridgehead atoms. The Labute approximate surface area is 128 Å². The summed E-state index contributed by atoms with van der Waals surface area (Å²) in [4.78, 5) is 18.0. The number of aromatic nitrogens is 3. The van der Waals surface area contributed by atoms with E-state index < -0.39 is 0 Å². The first kappa shape index (κ1) is 15.5. The third-order valence-electron chi connectivity index (χ3n) is 3.08. The molecule has 7 heteroatoms. The van der Waals surface area contributed by atoms with Crippen LogP contribution in [0.5, 0.6) is 0 Å². The SMILES string of the molecule is CCN(CCO)C(=O)c1nc(C)n(-c2ccccc2Cl)n1. The van der Waals surface area contributed by atoms with Crippen LogP contribution in [0, 0.1) is 6.92 Å². The maximum absolute atomic E-state index is 12.3. The molecule has 1 aromatic heterocycles. The molecule has 0 aliphatic heterocycles. The molecule has 0 spiro atoms. The van der Waals surface area contributed by atoms with Crippen LogP contribution in [-0.4, -0.2) is 50.4 Å². The Morgan fingerprint density at radius 3 is 2.76 bits per heavy atom. The standard InChI is InChI=1S/C14H17ClN4O2/c1-3-18(8-9-20)14(21)13-16-10(2)19(17-13)12-7-5-4-6-11(12)15/h4-7,20H,3,8-9H2,1-2H3. The summed E-state index contributed by atoms with van der Waals surface area (Å²) in [6.07, 6.45) is 0. The minimum Gasteiger partial charge on any atom is -0.395 e. The maximum atomic E-state index is 12.3. The Morgan fingerprint density at radius 2 is 2.14 bits per heavy atom. The summed E-state index contributed by atoms with van der Waals surface area (Å²) in [6, 6.07) is 7.23.